The Morgan fingerprint density at radius 3 is 2.57 bits per heavy atom. The molecule has 2 aromatic rings. The average molecular weight is 479 g/mol. The van der Waals surface area contributed by atoms with E-state index in [1.807, 2.05) is 40.9 Å². The van der Waals surface area contributed by atoms with Crippen LogP contribution in [0.1, 0.15) is 12.8 Å². The van der Waals surface area contributed by atoms with Crippen LogP contribution in [0.25, 0.3) is 0 Å². The Hall–Kier alpha value is -1.25. The predicted octanol–water partition coefficient (Wildman–Crippen LogP) is 4.18. The van der Waals surface area contributed by atoms with E-state index >= 15 is 0 Å². The van der Waals surface area contributed by atoms with Crippen LogP contribution in [0.3, 0.4) is 0 Å². The highest BCUT2D eigenvalue weighted by atomic mass is 79.9. The zero-order valence-corrected chi connectivity index (χ0v) is 18.8. The number of halogens is 1. The minimum absolute atomic E-state index is 0.0791. The van der Waals surface area contributed by atoms with Crippen LogP contribution in [0.2, 0.25) is 0 Å². The monoisotopic (exact) mass is 478 g/mol. The molecule has 4 rings (SSSR count). The van der Waals surface area contributed by atoms with Crippen LogP contribution in [0.15, 0.2) is 50.8 Å². The fourth-order valence-corrected chi connectivity index (χ4v) is 5.49. The summed E-state index contributed by atoms with van der Waals surface area (Å²) in [4.78, 5) is 18.3. The highest BCUT2D eigenvalue weighted by Gasteiger charge is 2.30. The topological polar surface area (TPSA) is 49.3 Å². The van der Waals surface area contributed by atoms with Crippen LogP contribution in [0.4, 0.5) is 5.82 Å². The Labute approximate surface area is 182 Å². The van der Waals surface area contributed by atoms with Gasteiger partial charge in [-0.15, -0.1) is 10.2 Å². The lowest BCUT2D eigenvalue weighted by molar-refractivity contribution is -0.135. The van der Waals surface area contributed by atoms with Crippen LogP contribution >= 0.6 is 39.5 Å². The van der Waals surface area contributed by atoms with E-state index in [4.69, 9.17) is 0 Å². The lowest BCUT2D eigenvalue weighted by atomic mass is 9.96. The first kappa shape index (κ1) is 20.0. The molecule has 1 atom stereocenters. The molecule has 28 heavy (non-hydrogen) atoms. The molecule has 1 amide bonds. The highest BCUT2D eigenvalue weighted by molar-refractivity contribution is 9.10. The van der Waals surface area contributed by atoms with Crippen molar-refractivity contribution in [3.8, 4) is 0 Å². The fraction of sp³-hybridized carbons (Fsp3) is 0.450. The van der Waals surface area contributed by atoms with Gasteiger partial charge in [-0.2, -0.15) is 11.8 Å². The summed E-state index contributed by atoms with van der Waals surface area (Å²) in [6, 6.07) is 12.2. The molecular formula is C20H23BrN4OS2. The molecule has 1 aromatic carbocycles. The number of carbonyl (C=O) groups excluding carboxylic acids is 1. The van der Waals surface area contributed by atoms with Crippen molar-refractivity contribution >= 4 is 51.2 Å². The van der Waals surface area contributed by atoms with Crippen LogP contribution in [-0.2, 0) is 4.79 Å². The minimum atomic E-state index is 0.0791. The molecule has 0 unspecified atom stereocenters. The minimum Gasteiger partial charge on any atom is -0.354 e. The first-order chi connectivity index (χ1) is 13.7. The van der Waals surface area contributed by atoms with Crippen molar-refractivity contribution in [3.63, 3.8) is 0 Å². The van der Waals surface area contributed by atoms with Gasteiger partial charge in [0.25, 0.3) is 0 Å². The SMILES string of the molecule is O=C([C@H]1CCCN(c2ccc(Sc3ccc(Br)cc3)nn2)C1)N1CCSCC1. The maximum atomic E-state index is 12.9. The average Bonchev–Trinajstić information content (AvgIpc) is 2.76. The summed E-state index contributed by atoms with van der Waals surface area (Å²) in [5, 5.41) is 9.71. The van der Waals surface area contributed by atoms with Crippen molar-refractivity contribution in [1.29, 1.82) is 0 Å². The molecule has 2 fully saturated rings. The molecule has 3 heterocycles. The van der Waals surface area contributed by atoms with E-state index in [2.05, 4.69) is 43.2 Å². The van der Waals surface area contributed by atoms with E-state index in [0.29, 0.717) is 5.91 Å². The van der Waals surface area contributed by atoms with E-state index in [-0.39, 0.29) is 5.92 Å². The number of hydrogen-bond donors (Lipinski definition) is 0. The molecule has 148 valence electrons. The van der Waals surface area contributed by atoms with Gasteiger partial charge in [0, 0.05) is 47.1 Å². The third-order valence-corrected chi connectivity index (χ3v) is 7.49. The van der Waals surface area contributed by atoms with Crippen molar-refractivity contribution in [1.82, 2.24) is 15.1 Å². The molecule has 0 spiro atoms. The number of anilines is 1. The van der Waals surface area contributed by atoms with Crippen LogP contribution in [0.5, 0.6) is 0 Å². The van der Waals surface area contributed by atoms with Crippen LogP contribution in [-0.4, -0.2) is 58.7 Å². The van der Waals surface area contributed by atoms with Crippen molar-refractivity contribution < 1.29 is 4.79 Å². The Balaban J connectivity index is 1.38. The number of carbonyl (C=O) groups is 1. The number of piperidine rings is 1. The third kappa shape index (κ3) is 5.02. The maximum absolute atomic E-state index is 12.9. The van der Waals surface area contributed by atoms with Gasteiger partial charge < -0.3 is 9.80 Å². The third-order valence-electron chi connectivity index (χ3n) is 5.08. The molecule has 0 saturated carbocycles. The van der Waals surface area contributed by atoms with E-state index in [1.54, 1.807) is 11.8 Å². The largest absolute Gasteiger partial charge is 0.354 e. The smallest absolute Gasteiger partial charge is 0.227 e. The second kappa shape index (κ2) is 9.50. The van der Waals surface area contributed by atoms with E-state index < -0.39 is 0 Å². The van der Waals surface area contributed by atoms with Gasteiger partial charge >= 0.3 is 0 Å². The van der Waals surface area contributed by atoms with Gasteiger partial charge in [-0.3, -0.25) is 4.79 Å². The molecule has 1 aromatic heterocycles. The number of amides is 1. The van der Waals surface area contributed by atoms with Gasteiger partial charge in [-0.1, -0.05) is 27.7 Å². The maximum Gasteiger partial charge on any atom is 0.227 e. The molecule has 0 aliphatic carbocycles. The normalized spacial score (nSPS) is 20.2. The predicted molar refractivity (Wildman–Crippen MR) is 119 cm³/mol. The van der Waals surface area contributed by atoms with Gasteiger partial charge in [0.1, 0.15) is 5.03 Å². The standard InChI is InChI=1S/C20H23BrN4OS2/c21-16-3-5-17(6-4-16)28-19-8-7-18(22-23-19)25-9-1-2-15(14-25)20(26)24-10-12-27-13-11-24/h3-8,15H,1-2,9-14H2/t15-/m0/s1. The molecule has 0 N–H and O–H groups in total. The molecule has 5 nitrogen and oxygen atoms in total. The lowest BCUT2D eigenvalue weighted by Crippen LogP contribution is -2.47. The number of aromatic nitrogens is 2. The zero-order valence-electron chi connectivity index (χ0n) is 15.6. The van der Waals surface area contributed by atoms with Gasteiger partial charge in [-0.05, 0) is 49.2 Å². The number of rotatable bonds is 4. The summed E-state index contributed by atoms with van der Waals surface area (Å²) in [7, 11) is 0. The molecular weight excluding hydrogens is 456 g/mol. The van der Waals surface area contributed by atoms with Crippen LogP contribution in [0, 0.1) is 5.92 Å². The van der Waals surface area contributed by atoms with Crippen LogP contribution < -0.4 is 4.90 Å². The molecule has 0 radical (unpaired) electrons. The van der Waals surface area contributed by atoms with E-state index in [9.17, 15) is 4.79 Å². The van der Waals surface area contributed by atoms with E-state index in [1.165, 1.54) is 0 Å². The molecule has 2 aliphatic rings. The number of benzene rings is 1. The number of thioether (sulfide) groups is 1. The Kier molecular flexibility index (Phi) is 6.80. The second-order valence-corrected chi connectivity index (χ2v) is 10.2. The first-order valence-electron chi connectivity index (χ1n) is 9.58. The summed E-state index contributed by atoms with van der Waals surface area (Å²) in [6.45, 7) is 3.47. The van der Waals surface area contributed by atoms with Gasteiger partial charge in [0.15, 0.2) is 5.82 Å². The molecule has 8 heteroatoms. The molecule has 2 saturated heterocycles. The summed E-state index contributed by atoms with van der Waals surface area (Å²) in [6.07, 6.45) is 2.00. The Morgan fingerprint density at radius 1 is 1.07 bits per heavy atom. The van der Waals surface area contributed by atoms with Gasteiger partial charge in [0.05, 0.1) is 5.92 Å². The first-order valence-corrected chi connectivity index (χ1v) is 12.3. The highest BCUT2D eigenvalue weighted by Crippen LogP contribution is 2.29. The zero-order chi connectivity index (χ0) is 19.3. The van der Waals surface area contributed by atoms with Gasteiger partial charge in [0.2, 0.25) is 5.91 Å². The van der Waals surface area contributed by atoms with Crippen molar-refractivity contribution in [2.75, 3.05) is 42.6 Å². The summed E-state index contributed by atoms with van der Waals surface area (Å²) < 4.78 is 1.07. The second-order valence-electron chi connectivity index (χ2n) is 7.01. The van der Waals surface area contributed by atoms with Crippen molar-refractivity contribution in [3.05, 3.63) is 40.9 Å². The van der Waals surface area contributed by atoms with Crippen molar-refractivity contribution in [2.45, 2.75) is 22.8 Å². The molecule has 2 aliphatic heterocycles. The van der Waals surface area contributed by atoms with Crippen molar-refractivity contribution in [2.24, 2.45) is 5.92 Å². The number of nitrogens with zero attached hydrogens (tertiary/aromatic N) is 4. The lowest BCUT2D eigenvalue weighted by Gasteiger charge is -2.36. The summed E-state index contributed by atoms with van der Waals surface area (Å²) in [5.41, 5.74) is 0. The molecule has 0 bridgehead atoms. The quantitative estimate of drug-likeness (QED) is 0.656. The fourth-order valence-electron chi connectivity index (χ4n) is 3.59. The number of hydrogen-bond acceptors (Lipinski definition) is 6. The summed E-state index contributed by atoms with van der Waals surface area (Å²) in [5.74, 6) is 3.39. The van der Waals surface area contributed by atoms with Gasteiger partial charge in [-0.25, -0.2) is 0 Å². The summed E-state index contributed by atoms with van der Waals surface area (Å²) >= 11 is 6.99. The Bertz CT molecular complexity index is 797. The van der Waals surface area contributed by atoms with E-state index in [0.717, 1.165) is 70.7 Å². The Morgan fingerprint density at radius 2 is 1.86 bits per heavy atom.